The standard InChI is InChI=1S/C20H21FN4O2/c1-26-16-8-6-15(7-9-16)20-22-19(27-23-20)14-24-10-12-25(13-11-24)18-5-3-2-4-17(18)21/h2-9H,10-14H2,1H3/p+1. The third-order valence-electron chi connectivity index (χ3n) is 4.88. The molecular weight excluding hydrogens is 347 g/mol. The first-order chi connectivity index (χ1) is 13.2. The Hall–Kier alpha value is -2.93. The number of piperazine rings is 1. The van der Waals surface area contributed by atoms with Crippen LogP contribution >= 0.6 is 0 Å². The molecule has 0 aliphatic carbocycles. The number of nitrogens with one attached hydrogen (secondary N) is 1. The molecule has 0 radical (unpaired) electrons. The van der Waals surface area contributed by atoms with E-state index in [0.717, 1.165) is 37.5 Å². The molecule has 2 aromatic carbocycles. The number of ether oxygens (including phenoxy) is 1. The van der Waals surface area contributed by atoms with Gasteiger partial charge in [0.25, 0.3) is 5.89 Å². The summed E-state index contributed by atoms with van der Waals surface area (Å²) in [6.45, 7) is 4.07. The zero-order valence-electron chi connectivity index (χ0n) is 15.2. The zero-order chi connectivity index (χ0) is 18.6. The van der Waals surface area contributed by atoms with Gasteiger partial charge in [0.1, 0.15) is 11.6 Å². The number of quaternary nitrogens is 1. The van der Waals surface area contributed by atoms with Gasteiger partial charge in [0, 0.05) is 5.56 Å². The maximum Gasteiger partial charge on any atom is 0.282 e. The van der Waals surface area contributed by atoms with E-state index in [2.05, 4.69) is 15.0 Å². The molecule has 1 saturated heterocycles. The second kappa shape index (κ2) is 7.75. The van der Waals surface area contributed by atoms with Crippen molar-refractivity contribution >= 4 is 5.69 Å². The molecule has 0 bridgehead atoms. The van der Waals surface area contributed by atoms with Crippen molar-refractivity contribution in [1.29, 1.82) is 0 Å². The third kappa shape index (κ3) is 3.93. The van der Waals surface area contributed by atoms with E-state index in [4.69, 9.17) is 9.26 Å². The Bertz CT molecular complexity index is 889. The van der Waals surface area contributed by atoms with E-state index in [-0.39, 0.29) is 5.82 Å². The van der Waals surface area contributed by atoms with Gasteiger partial charge in [-0.1, -0.05) is 17.3 Å². The van der Waals surface area contributed by atoms with Gasteiger partial charge in [0.2, 0.25) is 5.82 Å². The van der Waals surface area contributed by atoms with Gasteiger partial charge in [-0.15, -0.1) is 0 Å². The van der Waals surface area contributed by atoms with Crippen LogP contribution in [-0.2, 0) is 6.54 Å². The first-order valence-corrected chi connectivity index (χ1v) is 9.03. The Balaban J connectivity index is 1.35. The number of hydrogen-bond acceptors (Lipinski definition) is 5. The van der Waals surface area contributed by atoms with E-state index in [1.165, 1.54) is 11.0 Å². The zero-order valence-corrected chi connectivity index (χ0v) is 15.2. The number of hydrogen-bond donors (Lipinski definition) is 1. The minimum absolute atomic E-state index is 0.165. The molecule has 3 aromatic rings. The first-order valence-electron chi connectivity index (χ1n) is 9.03. The number of nitrogens with zero attached hydrogens (tertiary/aromatic N) is 3. The van der Waals surface area contributed by atoms with E-state index in [1.54, 1.807) is 13.2 Å². The number of rotatable bonds is 5. The Morgan fingerprint density at radius 2 is 1.85 bits per heavy atom. The Morgan fingerprint density at radius 3 is 2.56 bits per heavy atom. The molecule has 27 heavy (non-hydrogen) atoms. The summed E-state index contributed by atoms with van der Waals surface area (Å²) in [5.74, 6) is 1.83. The molecule has 7 heteroatoms. The van der Waals surface area contributed by atoms with Gasteiger partial charge in [0.05, 0.1) is 39.0 Å². The van der Waals surface area contributed by atoms with Crippen LogP contribution in [0.2, 0.25) is 0 Å². The van der Waals surface area contributed by atoms with Crippen LogP contribution in [0.5, 0.6) is 5.75 Å². The van der Waals surface area contributed by atoms with E-state index in [0.29, 0.717) is 23.9 Å². The lowest BCUT2D eigenvalue weighted by molar-refractivity contribution is -0.915. The van der Waals surface area contributed by atoms with Crippen LogP contribution in [-0.4, -0.2) is 43.4 Å². The first kappa shape index (κ1) is 17.5. The van der Waals surface area contributed by atoms with Crippen molar-refractivity contribution in [2.45, 2.75) is 6.54 Å². The molecule has 1 fully saturated rings. The van der Waals surface area contributed by atoms with Gasteiger partial charge >= 0.3 is 0 Å². The van der Waals surface area contributed by atoms with Crippen LogP contribution in [0.3, 0.4) is 0 Å². The van der Waals surface area contributed by atoms with Crippen molar-refractivity contribution in [2.75, 3.05) is 38.2 Å². The fourth-order valence-electron chi connectivity index (χ4n) is 3.35. The number of anilines is 1. The van der Waals surface area contributed by atoms with Gasteiger partial charge in [-0.05, 0) is 36.4 Å². The van der Waals surface area contributed by atoms with Crippen molar-refractivity contribution in [1.82, 2.24) is 10.1 Å². The van der Waals surface area contributed by atoms with Crippen LogP contribution < -0.4 is 14.5 Å². The van der Waals surface area contributed by atoms with Gasteiger partial charge in [-0.3, -0.25) is 0 Å². The summed E-state index contributed by atoms with van der Waals surface area (Å²) in [5, 5.41) is 4.08. The summed E-state index contributed by atoms with van der Waals surface area (Å²) in [6.07, 6.45) is 0. The molecule has 140 valence electrons. The molecule has 2 heterocycles. The maximum atomic E-state index is 13.9. The van der Waals surface area contributed by atoms with Crippen LogP contribution in [0, 0.1) is 5.82 Å². The summed E-state index contributed by atoms with van der Waals surface area (Å²) >= 11 is 0. The van der Waals surface area contributed by atoms with Crippen LogP contribution in [0.25, 0.3) is 11.4 Å². The fraction of sp³-hybridized carbons (Fsp3) is 0.300. The van der Waals surface area contributed by atoms with Crippen molar-refractivity contribution in [3.63, 3.8) is 0 Å². The molecule has 6 nitrogen and oxygen atoms in total. The molecule has 4 rings (SSSR count). The van der Waals surface area contributed by atoms with Crippen molar-refractivity contribution < 1.29 is 18.6 Å². The summed E-state index contributed by atoms with van der Waals surface area (Å²) in [7, 11) is 1.64. The van der Waals surface area contributed by atoms with Crippen LogP contribution in [0.15, 0.2) is 53.1 Å². The number of methoxy groups -OCH3 is 1. The molecule has 1 N–H and O–H groups in total. The van der Waals surface area contributed by atoms with Gasteiger partial charge < -0.3 is 19.1 Å². The van der Waals surface area contributed by atoms with Crippen LogP contribution in [0.1, 0.15) is 5.89 Å². The molecule has 1 aromatic heterocycles. The lowest BCUT2D eigenvalue weighted by Crippen LogP contribution is -3.13. The highest BCUT2D eigenvalue weighted by Gasteiger charge is 2.24. The maximum absolute atomic E-state index is 13.9. The van der Waals surface area contributed by atoms with E-state index in [9.17, 15) is 4.39 Å². The van der Waals surface area contributed by atoms with E-state index < -0.39 is 0 Å². The molecule has 0 amide bonds. The molecule has 1 aliphatic rings. The fourth-order valence-corrected chi connectivity index (χ4v) is 3.35. The highest BCUT2D eigenvalue weighted by Crippen LogP contribution is 2.20. The molecule has 1 aliphatic heterocycles. The highest BCUT2D eigenvalue weighted by atomic mass is 19.1. The molecular formula is C20H22FN4O2+. The Morgan fingerprint density at radius 1 is 1.11 bits per heavy atom. The summed E-state index contributed by atoms with van der Waals surface area (Å²) in [6, 6.07) is 14.5. The average Bonchev–Trinajstić information content (AvgIpc) is 3.18. The van der Waals surface area contributed by atoms with Crippen molar-refractivity contribution in [3.8, 4) is 17.1 Å². The lowest BCUT2D eigenvalue weighted by Gasteiger charge is -2.33. The lowest BCUT2D eigenvalue weighted by atomic mass is 10.2. The molecule has 0 saturated carbocycles. The largest absolute Gasteiger partial charge is 0.497 e. The predicted octanol–water partition coefficient (Wildman–Crippen LogP) is 1.79. The Labute approximate surface area is 157 Å². The number of aromatic nitrogens is 2. The molecule has 0 atom stereocenters. The van der Waals surface area contributed by atoms with E-state index >= 15 is 0 Å². The SMILES string of the molecule is COc1ccc(-c2noc(C[NH+]3CCN(c4ccccc4F)CC3)n2)cc1. The van der Waals surface area contributed by atoms with Crippen LogP contribution in [0.4, 0.5) is 10.1 Å². The summed E-state index contributed by atoms with van der Waals surface area (Å²) in [5.41, 5.74) is 1.57. The average molecular weight is 369 g/mol. The molecule has 0 spiro atoms. The number of para-hydroxylation sites is 1. The second-order valence-corrected chi connectivity index (χ2v) is 6.61. The number of benzene rings is 2. The minimum atomic E-state index is -0.165. The second-order valence-electron chi connectivity index (χ2n) is 6.61. The van der Waals surface area contributed by atoms with Gasteiger partial charge in [-0.25, -0.2) is 4.39 Å². The quantitative estimate of drug-likeness (QED) is 0.743. The molecule has 0 unspecified atom stereocenters. The summed E-state index contributed by atoms with van der Waals surface area (Å²) in [4.78, 5) is 7.96. The van der Waals surface area contributed by atoms with E-state index in [1.807, 2.05) is 36.4 Å². The smallest absolute Gasteiger partial charge is 0.282 e. The normalized spacial score (nSPS) is 15.1. The number of halogens is 1. The summed E-state index contributed by atoms with van der Waals surface area (Å²) < 4.78 is 24.5. The van der Waals surface area contributed by atoms with Crippen molar-refractivity contribution in [2.24, 2.45) is 0 Å². The minimum Gasteiger partial charge on any atom is -0.497 e. The van der Waals surface area contributed by atoms with Gasteiger partial charge in [0.15, 0.2) is 6.54 Å². The van der Waals surface area contributed by atoms with Crippen molar-refractivity contribution in [3.05, 3.63) is 60.2 Å². The highest BCUT2D eigenvalue weighted by molar-refractivity contribution is 5.55. The third-order valence-corrected chi connectivity index (χ3v) is 4.88. The monoisotopic (exact) mass is 369 g/mol. The predicted molar refractivity (Wildman–Crippen MR) is 99.3 cm³/mol. The Kier molecular flexibility index (Phi) is 5.02. The topological polar surface area (TPSA) is 55.8 Å². The van der Waals surface area contributed by atoms with Gasteiger partial charge in [-0.2, -0.15) is 4.98 Å².